The largest absolute Gasteiger partial charge is 0.497 e. The summed E-state index contributed by atoms with van der Waals surface area (Å²) in [5.41, 5.74) is 7.92. The molecule has 0 aliphatic carbocycles. The predicted octanol–water partition coefficient (Wildman–Crippen LogP) is 2.11. The molecule has 7 heteroatoms. The highest BCUT2D eigenvalue weighted by atomic mass is 16.5. The van der Waals surface area contributed by atoms with Crippen LogP contribution in [-0.2, 0) is 17.8 Å². The highest BCUT2D eigenvalue weighted by Gasteiger charge is 2.22. The molecule has 0 spiro atoms. The number of benzene rings is 2. The zero-order valence-corrected chi connectivity index (χ0v) is 16.5. The number of fused-ring (bicyclic) bond motifs is 1. The summed E-state index contributed by atoms with van der Waals surface area (Å²) >= 11 is 0. The van der Waals surface area contributed by atoms with Crippen LogP contribution in [-0.4, -0.2) is 59.0 Å². The number of carbonyl (C=O) groups excluding carboxylic acids is 1. The van der Waals surface area contributed by atoms with E-state index in [0.29, 0.717) is 31.9 Å². The van der Waals surface area contributed by atoms with Gasteiger partial charge in [-0.15, -0.1) is 0 Å². The lowest BCUT2D eigenvalue weighted by atomic mass is 10.1. The Bertz CT molecular complexity index is 1020. The molecule has 4 rings (SSSR count). The van der Waals surface area contributed by atoms with Gasteiger partial charge in [0.2, 0.25) is 5.91 Å². The van der Waals surface area contributed by atoms with Gasteiger partial charge in [0.1, 0.15) is 17.4 Å². The van der Waals surface area contributed by atoms with E-state index < -0.39 is 0 Å². The van der Waals surface area contributed by atoms with Crippen LogP contribution in [0.5, 0.6) is 5.75 Å². The van der Waals surface area contributed by atoms with Crippen molar-refractivity contribution in [3.05, 3.63) is 59.9 Å². The SMILES string of the molecule is COc1cccc(CC(=O)N2CCN(Cc3nc(N)c4ccccc4n3)CC2)c1. The summed E-state index contributed by atoms with van der Waals surface area (Å²) in [5, 5.41) is 0.879. The van der Waals surface area contributed by atoms with Gasteiger partial charge in [-0.05, 0) is 29.8 Å². The van der Waals surface area contributed by atoms with Gasteiger partial charge in [0.25, 0.3) is 0 Å². The number of rotatable bonds is 5. The van der Waals surface area contributed by atoms with E-state index in [2.05, 4.69) is 14.9 Å². The second-order valence-electron chi connectivity index (χ2n) is 7.23. The second kappa shape index (κ2) is 8.45. The van der Waals surface area contributed by atoms with E-state index in [1.54, 1.807) is 7.11 Å². The van der Waals surface area contributed by atoms with E-state index in [4.69, 9.17) is 10.5 Å². The van der Waals surface area contributed by atoms with Gasteiger partial charge in [-0.3, -0.25) is 9.69 Å². The molecular formula is C22H25N5O2. The number of ether oxygens (including phenoxy) is 1. The topological polar surface area (TPSA) is 84.6 Å². The summed E-state index contributed by atoms with van der Waals surface area (Å²) < 4.78 is 5.24. The highest BCUT2D eigenvalue weighted by Crippen LogP contribution is 2.18. The molecule has 0 saturated carbocycles. The Hall–Kier alpha value is -3.19. The summed E-state index contributed by atoms with van der Waals surface area (Å²) in [6, 6.07) is 15.4. The molecule has 3 aromatic rings. The Morgan fingerprint density at radius 2 is 1.86 bits per heavy atom. The third kappa shape index (κ3) is 4.46. The van der Waals surface area contributed by atoms with Crippen LogP contribution in [0, 0.1) is 0 Å². The Morgan fingerprint density at radius 3 is 2.66 bits per heavy atom. The van der Waals surface area contributed by atoms with Crippen LogP contribution in [0.3, 0.4) is 0 Å². The normalized spacial score (nSPS) is 14.9. The maximum absolute atomic E-state index is 12.6. The zero-order valence-electron chi connectivity index (χ0n) is 16.5. The van der Waals surface area contributed by atoms with Gasteiger partial charge in [0.15, 0.2) is 0 Å². The fraction of sp³-hybridized carbons (Fsp3) is 0.318. The first-order valence-electron chi connectivity index (χ1n) is 9.76. The molecule has 2 aromatic carbocycles. The van der Waals surface area contributed by atoms with Crippen molar-refractivity contribution in [3.8, 4) is 5.75 Å². The Morgan fingerprint density at radius 1 is 1.07 bits per heavy atom. The Kier molecular flexibility index (Phi) is 5.57. The quantitative estimate of drug-likeness (QED) is 0.717. The number of hydrogen-bond donors (Lipinski definition) is 1. The summed E-state index contributed by atoms with van der Waals surface area (Å²) in [5.74, 6) is 2.15. The van der Waals surface area contributed by atoms with Gasteiger partial charge >= 0.3 is 0 Å². The Balaban J connectivity index is 1.34. The first-order valence-corrected chi connectivity index (χ1v) is 9.76. The van der Waals surface area contributed by atoms with Crippen LogP contribution in [0.4, 0.5) is 5.82 Å². The van der Waals surface area contributed by atoms with Crippen molar-refractivity contribution >= 4 is 22.6 Å². The molecule has 1 saturated heterocycles. The van der Waals surface area contributed by atoms with Crippen LogP contribution >= 0.6 is 0 Å². The van der Waals surface area contributed by atoms with Gasteiger partial charge in [-0.25, -0.2) is 9.97 Å². The van der Waals surface area contributed by atoms with E-state index in [1.165, 1.54) is 0 Å². The maximum Gasteiger partial charge on any atom is 0.227 e. The lowest BCUT2D eigenvalue weighted by Gasteiger charge is -2.34. The average Bonchev–Trinajstić information content (AvgIpc) is 2.74. The van der Waals surface area contributed by atoms with E-state index >= 15 is 0 Å². The van der Waals surface area contributed by atoms with E-state index in [1.807, 2.05) is 53.4 Å². The number of amides is 1. The summed E-state index contributed by atoms with van der Waals surface area (Å²) in [6.45, 7) is 3.62. The minimum atomic E-state index is 0.143. The van der Waals surface area contributed by atoms with Gasteiger partial charge in [-0.1, -0.05) is 24.3 Å². The molecule has 29 heavy (non-hydrogen) atoms. The number of piperazine rings is 1. The van der Waals surface area contributed by atoms with Gasteiger partial charge in [0.05, 0.1) is 25.6 Å². The third-order valence-electron chi connectivity index (χ3n) is 5.26. The van der Waals surface area contributed by atoms with Crippen molar-refractivity contribution in [2.75, 3.05) is 39.0 Å². The van der Waals surface area contributed by atoms with E-state index in [-0.39, 0.29) is 5.91 Å². The third-order valence-corrected chi connectivity index (χ3v) is 5.26. The lowest BCUT2D eigenvalue weighted by molar-refractivity contribution is -0.132. The fourth-order valence-electron chi connectivity index (χ4n) is 3.65. The minimum Gasteiger partial charge on any atom is -0.497 e. The average molecular weight is 391 g/mol. The molecule has 1 aliphatic heterocycles. The van der Waals surface area contributed by atoms with Crippen molar-refractivity contribution in [2.45, 2.75) is 13.0 Å². The monoisotopic (exact) mass is 391 g/mol. The van der Waals surface area contributed by atoms with Crippen LogP contribution in [0.2, 0.25) is 0 Å². The summed E-state index contributed by atoms with van der Waals surface area (Å²) in [7, 11) is 1.63. The zero-order chi connectivity index (χ0) is 20.2. The molecule has 2 heterocycles. The number of nitrogens with zero attached hydrogens (tertiary/aromatic N) is 4. The predicted molar refractivity (Wildman–Crippen MR) is 113 cm³/mol. The highest BCUT2D eigenvalue weighted by molar-refractivity contribution is 5.87. The van der Waals surface area contributed by atoms with Crippen LogP contribution < -0.4 is 10.5 Å². The molecule has 0 unspecified atom stereocenters. The molecule has 0 atom stereocenters. The number of nitrogens with two attached hydrogens (primary N) is 1. The molecule has 1 aromatic heterocycles. The van der Waals surface area contributed by atoms with Gasteiger partial charge < -0.3 is 15.4 Å². The van der Waals surface area contributed by atoms with E-state index in [9.17, 15) is 4.79 Å². The van der Waals surface area contributed by atoms with Crippen molar-refractivity contribution in [3.63, 3.8) is 0 Å². The van der Waals surface area contributed by atoms with Crippen molar-refractivity contribution in [1.29, 1.82) is 0 Å². The lowest BCUT2D eigenvalue weighted by Crippen LogP contribution is -2.48. The standard InChI is InChI=1S/C22H25N5O2/c1-29-17-6-4-5-16(13-17)14-21(28)27-11-9-26(10-12-27)15-20-24-19-8-3-2-7-18(19)22(23)25-20/h2-8,13H,9-12,14-15H2,1H3,(H2,23,24,25). The number of anilines is 1. The van der Waals surface area contributed by atoms with Gasteiger partial charge in [-0.2, -0.15) is 0 Å². The number of carbonyl (C=O) groups is 1. The maximum atomic E-state index is 12.6. The number of methoxy groups -OCH3 is 1. The van der Waals surface area contributed by atoms with Crippen LogP contribution in [0.15, 0.2) is 48.5 Å². The molecule has 1 fully saturated rings. The van der Waals surface area contributed by atoms with Crippen LogP contribution in [0.1, 0.15) is 11.4 Å². The minimum absolute atomic E-state index is 0.143. The van der Waals surface area contributed by atoms with Gasteiger partial charge in [0, 0.05) is 31.6 Å². The summed E-state index contributed by atoms with van der Waals surface area (Å²) in [6.07, 6.45) is 0.390. The number of aromatic nitrogens is 2. The molecule has 0 bridgehead atoms. The smallest absolute Gasteiger partial charge is 0.227 e. The van der Waals surface area contributed by atoms with Crippen molar-refractivity contribution in [2.24, 2.45) is 0 Å². The molecule has 150 valence electrons. The number of hydrogen-bond acceptors (Lipinski definition) is 6. The number of para-hydroxylation sites is 1. The van der Waals surface area contributed by atoms with Crippen molar-refractivity contribution < 1.29 is 9.53 Å². The first kappa shape index (κ1) is 19.1. The molecule has 1 amide bonds. The summed E-state index contributed by atoms with van der Waals surface area (Å²) in [4.78, 5) is 25.9. The molecule has 1 aliphatic rings. The van der Waals surface area contributed by atoms with Crippen molar-refractivity contribution in [1.82, 2.24) is 19.8 Å². The second-order valence-corrected chi connectivity index (χ2v) is 7.23. The first-order chi connectivity index (χ1) is 14.1. The fourth-order valence-corrected chi connectivity index (χ4v) is 3.65. The molecule has 2 N–H and O–H groups in total. The Labute approximate surface area is 170 Å². The van der Waals surface area contributed by atoms with E-state index in [0.717, 1.165) is 41.1 Å². The molecule has 0 radical (unpaired) electrons. The van der Waals surface area contributed by atoms with Crippen LogP contribution in [0.25, 0.3) is 10.9 Å². The molecule has 7 nitrogen and oxygen atoms in total. The number of nitrogen functional groups attached to an aromatic ring is 1. The molecular weight excluding hydrogens is 366 g/mol.